The Bertz CT molecular complexity index is 896. The molecule has 0 atom stereocenters. The lowest BCUT2D eigenvalue weighted by Gasteiger charge is -2.28. The van der Waals surface area contributed by atoms with E-state index in [9.17, 15) is 17.6 Å². The normalized spacial score (nSPS) is 14.2. The summed E-state index contributed by atoms with van der Waals surface area (Å²) in [6.45, 7) is 2.64. The summed E-state index contributed by atoms with van der Waals surface area (Å²) in [5, 5.41) is 0. The van der Waals surface area contributed by atoms with Crippen molar-refractivity contribution in [2.24, 2.45) is 0 Å². The quantitative estimate of drug-likeness (QED) is 0.927. The molecule has 1 amide bonds. The zero-order chi connectivity index (χ0) is 17.3. The first-order chi connectivity index (χ1) is 11.3. The summed E-state index contributed by atoms with van der Waals surface area (Å²) >= 11 is 0. The van der Waals surface area contributed by atoms with Gasteiger partial charge in [0.2, 0.25) is 5.91 Å². The maximum Gasteiger partial charge on any atom is 0.261 e. The van der Waals surface area contributed by atoms with Crippen molar-refractivity contribution in [3.05, 3.63) is 59.4 Å². The van der Waals surface area contributed by atoms with Crippen molar-refractivity contribution >= 4 is 21.6 Å². The molecule has 7 heteroatoms. The third-order valence-corrected chi connectivity index (χ3v) is 5.40. The van der Waals surface area contributed by atoms with Gasteiger partial charge in [-0.05, 0) is 47.9 Å². The van der Waals surface area contributed by atoms with Crippen LogP contribution in [0.3, 0.4) is 0 Å². The van der Waals surface area contributed by atoms with Crippen LogP contribution in [0.2, 0.25) is 0 Å². The van der Waals surface area contributed by atoms with Crippen LogP contribution in [0, 0.1) is 5.82 Å². The molecule has 0 saturated heterocycles. The molecule has 5 nitrogen and oxygen atoms in total. The van der Waals surface area contributed by atoms with Crippen molar-refractivity contribution in [3.8, 4) is 0 Å². The van der Waals surface area contributed by atoms with Crippen molar-refractivity contribution in [2.75, 3.05) is 11.3 Å². The van der Waals surface area contributed by atoms with Crippen LogP contribution >= 0.6 is 0 Å². The number of halogens is 1. The van der Waals surface area contributed by atoms with E-state index >= 15 is 0 Å². The van der Waals surface area contributed by atoms with Crippen molar-refractivity contribution in [1.29, 1.82) is 0 Å². The van der Waals surface area contributed by atoms with Gasteiger partial charge in [-0.25, -0.2) is 12.8 Å². The van der Waals surface area contributed by atoms with E-state index in [0.717, 1.165) is 23.6 Å². The minimum atomic E-state index is -3.86. The van der Waals surface area contributed by atoms with Crippen LogP contribution < -0.4 is 4.72 Å². The number of rotatable bonds is 3. The number of hydrogen-bond acceptors (Lipinski definition) is 3. The van der Waals surface area contributed by atoms with Crippen LogP contribution in [0.4, 0.5) is 10.1 Å². The first-order valence-electron chi connectivity index (χ1n) is 7.51. The van der Waals surface area contributed by atoms with Gasteiger partial charge in [-0.15, -0.1) is 0 Å². The molecule has 0 radical (unpaired) electrons. The highest BCUT2D eigenvalue weighted by Crippen LogP contribution is 2.24. The second-order valence-electron chi connectivity index (χ2n) is 5.74. The molecule has 0 bridgehead atoms. The summed E-state index contributed by atoms with van der Waals surface area (Å²) in [6.07, 6.45) is 0.742. The van der Waals surface area contributed by atoms with Gasteiger partial charge in [0.25, 0.3) is 10.0 Å². The molecule has 1 aliphatic rings. The number of sulfonamides is 1. The highest BCUT2D eigenvalue weighted by Gasteiger charge is 2.20. The van der Waals surface area contributed by atoms with E-state index in [4.69, 9.17) is 0 Å². The summed E-state index contributed by atoms with van der Waals surface area (Å²) in [5.41, 5.74) is 2.40. The molecule has 0 fully saturated rings. The van der Waals surface area contributed by atoms with E-state index in [0.29, 0.717) is 18.8 Å². The van der Waals surface area contributed by atoms with Crippen molar-refractivity contribution in [2.45, 2.75) is 24.8 Å². The average molecular weight is 348 g/mol. The molecule has 1 aliphatic heterocycles. The second kappa shape index (κ2) is 6.24. The number of anilines is 1. The second-order valence-corrected chi connectivity index (χ2v) is 7.42. The van der Waals surface area contributed by atoms with E-state index < -0.39 is 15.8 Å². The van der Waals surface area contributed by atoms with Gasteiger partial charge in [-0.1, -0.05) is 12.1 Å². The van der Waals surface area contributed by atoms with Gasteiger partial charge in [0.15, 0.2) is 0 Å². The number of carbonyl (C=O) groups excluding carboxylic acids is 1. The number of nitrogens with zero attached hydrogens (tertiary/aromatic N) is 1. The molecule has 0 aliphatic carbocycles. The molecule has 0 aromatic heterocycles. The van der Waals surface area contributed by atoms with Crippen LogP contribution in [0.25, 0.3) is 0 Å². The van der Waals surface area contributed by atoms with E-state index in [2.05, 4.69) is 4.72 Å². The smallest absolute Gasteiger partial charge is 0.261 e. The molecule has 3 rings (SSSR count). The molecule has 2 aromatic rings. The maximum atomic E-state index is 13.3. The SMILES string of the molecule is CC(=O)N1CCc2ccc(NS(=O)(=O)c3cccc(F)c3)cc2C1. The Morgan fingerprint density at radius 2 is 1.96 bits per heavy atom. The van der Waals surface area contributed by atoms with Crippen LogP contribution in [0.1, 0.15) is 18.1 Å². The molecular formula is C17H17FN2O3S. The molecule has 2 aromatic carbocycles. The topological polar surface area (TPSA) is 66.5 Å². The van der Waals surface area contributed by atoms with Gasteiger partial charge in [0, 0.05) is 25.7 Å². The lowest BCUT2D eigenvalue weighted by molar-refractivity contribution is -0.129. The molecular weight excluding hydrogens is 331 g/mol. The van der Waals surface area contributed by atoms with Crippen molar-refractivity contribution in [1.82, 2.24) is 4.90 Å². The molecule has 126 valence electrons. The Balaban J connectivity index is 1.86. The standard InChI is InChI=1S/C17H17FN2O3S/c1-12(21)20-8-7-13-5-6-16(9-14(13)11-20)19-24(22,23)17-4-2-3-15(18)10-17/h2-6,9-10,19H,7-8,11H2,1H3. The fourth-order valence-corrected chi connectivity index (χ4v) is 3.82. The highest BCUT2D eigenvalue weighted by atomic mass is 32.2. The third-order valence-electron chi connectivity index (χ3n) is 4.02. The number of nitrogens with one attached hydrogen (secondary N) is 1. The predicted molar refractivity (Wildman–Crippen MR) is 88.4 cm³/mol. The third kappa shape index (κ3) is 3.41. The summed E-state index contributed by atoms with van der Waals surface area (Å²) in [7, 11) is -3.86. The number of carbonyl (C=O) groups is 1. The van der Waals surface area contributed by atoms with Crippen molar-refractivity contribution < 1.29 is 17.6 Å². The van der Waals surface area contributed by atoms with Crippen LogP contribution in [0.5, 0.6) is 0 Å². The first kappa shape index (κ1) is 16.4. The molecule has 0 saturated carbocycles. The summed E-state index contributed by atoms with van der Waals surface area (Å²) in [6, 6.07) is 10.1. The molecule has 0 spiro atoms. The van der Waals surface area contributed by atoms with Gasteiger partial charge in [-0.3, -0.25) is 9.52 Å². The van der Waals surface area contributed by atoms with Crippen LogP contribution in [-0.4, -0.2) is 25.8 Å². The molecule has 0 unspecified atom stereocenters. The van der Waals surface area contributed by atoms with Gasteiger partial charge < -0.3 is 4.90 Å². The van der Waals surface area contributed by atoms with Gasteiger partial charge in [0.1, 0.15) is 5.82 Å². The Labute approximate surface area is 140 Å². The summed E-state index contributed by atoms with van der Waals surface area (Å²) < 4.78 is 40.4. The first-order valence-corrected chi connectivity index (χ1v) is 8.99. The van der Waals surface area contributed by atoms with Crippen LogP contribution in [0.15, 0.2) is 47.4 Å². The van der Waals surface area contributed by atoms with Gasteiger partial charge in [-0.2, -0.15) is 0 Å². The zero-order valence-electron chi connectivity index (χ0n) is 13.1. The van der Waals surface area contributed by atoms with E-state index in [1.807, 2.05) is 6.07 Å². The van der Waals surface area contributed by atoms with Gasteiger partial charge in [0.05, 0.1) is 4.90 Å². The van der Waals surface area contributed by atoms with E-state index in [1.54, 1.807) is 17.0 Å². The largest absolute Gasteiger partial charge is 0.338 e. The number of hydrogen-bond donors (Lipinski definition) is 1. The molecule has 1 N–H and O–H groups in total. The summed E-state index contributed by atoms with van der Waals surface area (Å²) in [4.78, 5) is 13.1. The lowest BCUT2D eigenvalue weighted by atomic mass is 9.99. The number of amides is 1. The molecule has 1 heterocycles. The lowest BCUT2D eigenvalue weighted by Crippen LogP contribution is -2.34. The number of fused-ring (bicyclic) bond motifs is 1. The zero-order valence-corrected chi connectivity index (χ0v) is 13.9. The monoisotopic (exact) mass is 348 g/mol. The minimum absolute atomic E-state index is 0.00797. The molecule has 24 heavy (non-hydrogen) atoms. The Morgan fingerprint density at radius 1 is 1.17 bits per heavy atom. The fourth-order valence-electron chi connectivity index (χ4n) is 2.74. The predicted octanol–water partition coefficient (Wildman–Crippen LogP) is 2.53. The maximum absolute atomic E-state index is 13.3. The minimum Gasteiger partial charge on any atom is -0.338 e. The summed E-state index contributed by atoms with van der Waals surface area (Å²) in [5.74, 6) is -0.619. The number of benzene rings is 2. The van der Waals surface area contributed by atoms with Crippen molar-refractivity contribution in [3.63, 3.8) is 0 Å². The average Bonchev–Trinajstić information content (AvgIpc) is 2.53. The fraction of sp³-hybridized carbons (Fsp3) is 0.235. The van der Waals surface area contributed by atoms with Gasteiger partial charge >= 0.3 is 0 Å². The Morgan fingerprint density at radius 3 is 2.67 bits per heavy atom. The van der Waals surface area contributed by atoms with Crippen LogP contribution in [-0.2, 0) is 27.8 Å². The van der Waals surface area contributed by atoms with E-state index in [1.165, 1.54) is 25.1 Å². The van der Waals surface area contributed by atoms with E-state index in [-0.39, 0.29) is 10.8 Å². The Hall–Kier alpha value is -2.41. The Kier molecular flexibility index (Phi) is 4.28. The highest BCUT2D eigenvalue weighted by molar-refractivity contribution is 7.92.